The molecule has 0 saturated heterocycles. The lowest BCUT2D eigenvalue weighted by atomic mass is 10.2. The number of methoxy groups -OCH3 is 1. The van der Waals surface area contributed by atoms with Gasteiger partial charge in [-0.05, 0) is 42.0 Å². The van der Waals surface area contributed by atoms with Crippen LogP contribution in [-0.4, -0.2) is 28.2 Å². The number of nitrogens with one attached hydrogen (secondary N) is 1. The first-order valence-corrected chi connectivity index (χ1v) is 7.99. The summed E-state index contributed by atoms with van der Waals surface area (Å²) in [6.45, 7) is 0. The normalized spacial score (nSPS) is 11.0. The van der Waals surface area contributed by atoms with Gasteiger partial charge in [0.25, 0.3) is 0 Å². The van der Waals surface area contributed by atoms with E-state index in [0.717, 1.165) is 21.3 Å². The predicted molar refractivity (Wildman–Crippen MR) is 96.5 cm³/mol. The van der Waals surface area contributed by atoms with Gasteiger partial charge in [0.2, 0.25) is 4.77 Å². The number of halogens is 1. The van der Waals surface area contributed by atoms with Gasteiger partial charge in [0.15, 0.2) is 5.82 Å². The van der Waals surface area contributed by atoms with Crippen molar-refractivity contribution in [1.29, 1.82) is 0 Å². The molecule has 116 valence electrons. The van der Waals surface area contributed by atoms with Gasteiger partial charge in [-0.3, -0.25) is 0 Å². The molecule has 0 aliphatic carbocycles. The van der Waals surface area contributed by atoms with Gasteiger partial charge >= 0.3 is 0 Å². The van der Waals surface area contributed by atoms with E-state index in [1.54, 1.807) is 18.0 Å². The number of rotatable bonds is 4. The van der Waals surface area contributed by atoms with Gasteiger partial charge in [0.1, 0.15) is 5.75 Å². The van der Waals surface area contributed by atoms with E-state index >= 15 is 0 Å². The molecule has 0 bridgehead atoms. The minimum Gasteiger partial charge on any atom is -0.497 e. The van der Waals surface area contributed by atoms with Gasteiger partial charge in [-0.2, -0.15) is 14.9 Å². The number of benzene rings is 2. The molecule has 23 heavy (non-hydrogen) atoms. The molecule has 5 nitrogen and oxygen atoms in total. The van der Waals surface area contributed by atoms with Crippen molar-refractivity contribution in [1.82, 2.24) is 14.9 Å². The monoisotopic (exact) mass is 388 g/mol. The fourth-order valence-electron chi connectivity index (χ4n) is 2.02. The fourth-order valence-corrected chi connectivity index (χ4v) is 2.46. The molecule has 3 rings (SSSR count). The van der Waals surface area contributed by atoms with Gasteiger partial charge in [0, 0.05) is 10.0 Å². The lowest BCUT2D eigenvalue weighted by Crippen LogP contribution is -1.95. The van der Waals surface area contributed by atoms with E-state index in [0.29, 0.717) is 10.6 Å². The highest BCUT2D eigenvalue weighted by molar-refractivity contribution is 9.10. The van der Waals surface area contributed by atoms with E-state index in [1.165, 1.54) is 0 Å². The summed E-state index contributed by atoms with van der Waals surface area (Å²) in [4.78, 5) is 0. The van der Waals surface area contributed by atoms with Crippen molar-refractivity contribution in [2.45, 2.75) is 0 Å². The molecule has 0 aliphatic rings. The lowest BCUT2D eigenvalue weighted by Gasteiger charge is -2.03. The number of H-pyrrole nitrogens is 1. The predicted octanol–water partition coefficient (Wildman–Crippen LogP) is 4.26. The molecule has 0 aliphatic heterocycles. The molecule has 0 saturated carbocycles. The Labute approximate surface area is 146 Å². The highest BCUT2D eigenvalue weighted by Gasteiger charge is 2.08. The van der Waals surface area contributed by atoms with Crippen molar-refractivity contribution in [2.75, 3.05) is 7.11 Å². The number of aromatic amines is 1. The van der Waals surface area contributed by atoms with Crippen molar-refractivity contribution < 1.29 is 4.74 Å². The average Bonchev–Trinajstić information content (AvgIpc) is 2.95. The Morgan fingerprint density at radius 1 is 1.26 bits per heavy atom. The molecule has 0 radical (unpaired) electrons. The van der Waals surface area contributed by atoms with Crippen LogP contribution in [0.25, 0.3) is 11.4 Å². The van der Waals surface area contributed by atoms with Gasteiger partial charge in [-0.25, -0.2) is 5.10 Å². The van der Waals surface area contributed by atoms with Crippen LogP contribution in [0.5, 0.6) is 5.75 Å². The van der Waals surface area contributed by atoms with Crippen LogP contribution in [0.4, 0.5) is 0 Å². The summed E-state index contributed by atoms with van der Waals surface area (Å²) >= 11 is 8.67. The Balaban J connectivity index is 1.98. The fraction of sp³-hybridized carbons (Fsp3) is 0.0625. The molecule has 7 heteroatoms. The third-order valence-electron chi connectivity index (χ3n) is 3.17. The average molecular weight is 389 g/mol. The second-order valence-corrected chi connectivity index (χ2v) is 5.99. The van der Waals surface area contributed by atoms with Crippen LogP contribution in [0.15, 0.2) is 58.1 Å². The standard InChI is InChI=1S/C16H13BrN4OS/c1-22-14-4-2-3-12(9-14)15-19-20-16(23)21(15)18-10-11-5-7-13(17)8-6-11/h2-10H,1H3,(H,20,23)/b18-10-. The van der Waals surface area contributed by atoms with Crippen molar-refractivity contribution in [3.05, 3.63) is 63.3 Å². The summed E-state index contributed by atoms with van der Waals surface area (Å²) in [5.74, 6) is 1.38. The minimum absolute atomic E-state index is 0.427. The molecule has 1 heterocycles. The molecule has 1 N–H and O–H groups in total. The Kier molecular flexibility index (Phi) is 4.68. The summed E-state index contributed by atoms with van der Waals surface area (Å²) in [7, 11) is 1.63. The maximum atomic E-state index is 5.26. The zero-order valence-electron chi connectivity index (χ0n) is 12.2. The van der Waals surface area contributed by atoms with E-state index in [9.17, 15) is 0 Å². The second kappa shape index (κ2) is 6.89. The lowest BCUT2D eigenvalue weighted by molar-refractivity contribution is 0.415. The molecule has 1 aromatic heterocycles. The summed E-state index contributed by atoms with van der Waals surface area (Å²) in [6, 6.07) is 15.4. The number of hydrogen-bond acceptors (Lipinski definition) is 4. The first kappa shape index (κ1) is 15.6. The summed E-state index contributed by atoms with van der Waals surface area (Å²) in [5, 5.41) is 11.5. The van der Waals surface area contributed by atoms with Crippen LogP contribution in [0.3, 0.4) is 0 Å². The third-order valence-corrected chi connectivity index (χ3v) is 3.96. The number of hydrogen-bond donors (Lipinski definition) is 1. The smallest absolute Gasteiger partial charge is 0.216 e. The molecule has 0 spiro atoms. The van der Waals surface area contributed by atoms with Crippen molar-refractivity contribution >= 4 is 34.4 Å². The zero-order chi connectivity index (χ0) is 16.2. The molecular formula is C16H13BrN4OS. The number of ether oxygens (including phenoxy) is 1. The van der Waals surface area contributed by atoms with Crippen LogP contribution in [0, 0.1) is 4.77 Å². The van der Waals surface area contributed by atoms with Crippen molar-refractivity contribution in [3.8, 4) is 17.1 Å². The van der Waals surface area contributed by atoms with Gasteiger partial charge < -0.3 is 4.74 Å². The zero-order valence-corrected chi connectivity index (χ0v) is 14.6. The van der Waals surface area contributed by atoms with E-state index in [2.05, 4.69) is 31.2 Å². The quantitative estimate of drug-likeness (QED) is 0.536. The van der Waals surface area contributed by atoms with Crippen LogP contribution in [-0.2, 0) is 0 Å². The highest BCUT2D eigenvalue weighted by atomic mass is 79.9. The maximum absolute atomic E-state index is 5.26. The molecule has 0 amide bonds. The number of aromatic nitrogens is 3. The highest BCUT2D eigenvalue weighted by Crippen LogP contribution is 2.22. The van der Waals surface area contributed by atoms with E-state index in [-0.39, 0.29) is 0 Å². The van der Waals surface area contributed by atoms with Crippen LogP contribution < -0.4 is 4.74 Å². The molecule has 3 aromatic rings. The minimum atomic E-state index is 0.427. The summed E-state index contributed by atoms with van der Waals surface area (Å²) in [6.07, 6.45) is 1.74. The second-order valence-electron chi connectivity index (χ2n) is 4.69. The Hall–Kier alpha value is -2.25. The maximum Gasteiger partial charge on any atom is 0.216 e. The van der Waals surface area contributed by atoms with Gasteiger partial charge in [0.05, 0.1) is 13.3 Å². The van der Waals surface area contributed by atoms with Crippen LogP contribution in [0.2, 0.25) is 0 Å². The molecule has 0 unspecified atom stereocenters. The summed E-state index contributed by atoms with van der Waals surface area (Å²) < 4.78 is 8.28. The number of nitrogens with zero attached hydrogens (tertiary/aromatic N) is 3. The SMILES string of the molecule is COc1cccc(-c2n[nH]c(=S)n2/N=C\c2ccc(Br)cc2)c1. The van der Waals surface area contributed by atoms with E-state index in [4.69, 9.17) is 17.0 Å². The topological polar surface area (TPSA) is 55.2 Å². The largest absolute Gasteiger partial charge is 0.497 e. The Morgan fingerprint density at radius 2 is 2.04 bits per heavy atom. The molecule has 0 atom stereocenters. The first-order valence-electron chi connectivity index (χ1n) is 6.79. The molecule has 2 aromatic carbocycles. The van der Waals surface area contributed by atoms with Crippen molar-refractivity contribution in [3.63, 3.8) is 0 Å². The van der Waals surface area contributed by atoms with Gasteiger partial charge in [-0.15, -0.1) is 0 Å². The molecular weight excluding hydrogens is 376 g/mol. The van der Waals surface area contributed by atoms with E-state index in [1.807, 2.05) is 48.5 Å². The Morgan fingerprint density at radius 3 is 2.78 bits per heavy atom. The van der Waals surface area contributed by atoms with E-state index < -0.39 is 0 Å². The van der Waals surface area contributed by atoms with Crippen LogP contribution in [0.1, 0.15) is 5.56 Å². The molecule has 0 fully saturated rings. The first-order chi connectivity index (χ1) is 11.2. The summed E-state index contributed by atoms with van der Waals surface area (Å²) in [5.41, 5.74) is 1.83. The van der Waals surface area contributed by atoms with Crippen molar-refractivity contribution in [2.24, 2.45) is 5.10 Å². The van der Waals surface area contributed by atoms with Crippen LogP contribution >= 0.6 is 28.1 Å². The Bertz CT molecular complexity index is 899. The van der Waals surface area contributed by atoms with Gasteiger partial charge in [-0.1, -0.05) is 40.2 Å². The third kappa shape index (κ3) is 3.57.